The number of benzene rings is 1. The molecule has 0 spiro atoms. The fourth-order valence-electron chi connectivity index (χ4n) is 0.832. The van der Waals surface area contributed by atoms with Crippen molar-refractivity contribution in [2.75, 3.05) is 0 Å². The molecule has 0 amide bonds. The van der Waals surface area contributed by atoms with Crippen LogP contribution in [0, 0.1) is 0 Å². The van der Waals surface area contributed by atoms with Crippen molar-refractivity contribution in [2.24, 2.45) is 0 Å². The van der Waals surface area contributed by atoms with E-state index in [0.717, 1.165) is 14.3 Å². The number of nitrogens with one attached hydrogen (secondary N) is 1. The predicted octanol–water partition coefficient (Wildman–Crippen LogP) is 3.78. The Bertz CT molecular complexity index is 430. The number of aromatic amines is 1. The monoisotopic (exact) mass is 265 g/mol. The van der Waals surface area contributed by atoms with Crippen LogP contribution in [0.4, 0.5) is 0 Å². The molecule has 0 aliphatic carbocycles. The molecule has 0 aliphatic rings. The Morgan fingerprint density at radius 2 is 2.29 bits per heavy atom. The Balaban J connectivity index is 2.24. The first kappa shape index (κ1) is 10.1. The second-order valence-electron chi connectivity index (χ2n) is 2.33. The van der Waals surface area contributed by atoms with Gasteiger partial charge >= 0.3 is 0 Å². The van der Waals surface area contributed by atoms with Gasteiger partial charge in [0.05, 0.1) is 0 Å². The number of hydrogen-bond donors (Lipinski definition) is 1. The summed E-state index contributed by atoms with van der Waals surface area (Å²) in [6.07, 6.45) is 0. The zero-order valence-electron chi connectivity index (χ0n) is 6.96. The molecule has 14 heavy (non-hydrogen) atoms. The van der Waals surface area contributed by atoms with Crippen LogP contribution >= 0.6 is 35.5 Å². The first-order valence-corrected chi connectivity index (χ1v) is 7.71. The second kappa shape index (κ2) is 4.91. The molecule has 1 N–H and O–H groups in total. The molecule has 74 valence electrons. The highest BCUT2D eigenvalue weighted by Gasteiger charge is 1.98. The van der Waals surface area contributed by atoms with Gasteiger partial charge in [-0.1, -0.05) is 18.2 Å². The minimum atomic E-state index is -0.939. The van der Waals surface area contributed by atoms with Crippen LogP contribution in [-0.2, 0) is 0 Å². The Labute approximate surface area is 90.0 Å². The number of hydrogen-bond acceptors (Lipinski definition) is 2. The second-order valence-corrected chi connectivity index (χ2v) is 6.95. The van der Waals surface area contributed by atoms with Crippen molar-refractivity contribution < 1.29 is 4.84 Å². The highest BCUT2D eigenvalue weighted by atomic mass is 35.7. The highest BCUT2D eigenvalue weighted by Crippen LogP contribution is 2.32. The van der Waals surface area contributed by atoms with E-state index in [1.165, 1.54) is 0 Å². The molecular formula is C6H7ClN3OP3. The van der Waals surface area contributed by atoms with Gasteiger partial charge in [0.15, 0.2) is 21.5 Å². The molecule has 4 nitrogen and oxygen atoms in total. The summed E-state index contributed by atoms with van der Waals surface area (Å²) in [6.45, 7) is 0. The summed E-state index contributed by atoms with van der Waals surface area (Å²) in [6, 6.07) is 9.53. The molecule has 1 aromatic heterocycles. The molecule has 2 atom stereocenters. The standard InChI is InChI=1S/C6H7ClN3OP3/c7-14-9-12-8-13-10(14)11-6-4-2-1-3-5-6/h1-5,9,12H. The first-order valence-electron chi connectivity index (χ1n) is 3.76. The zero-order chi connectivity index (χ0) is 9.80. The Hall–Kier alpha value is -0.390. The van der Waals surface area contributed by atoms with Crippen molar-refractivity contribution >= 4 is 35.5 Å². The minimum Gasteiger partial charge on any atom is -0.365 e. The van der Waals surface area contributed by atoms with E-state index in [1.54, 1.807) is 4.26 Å². The topological polar surface area (TPSA) is 42.8 Å². The first-order chi connectivity index (χ1) is 6.86. The van der Waals surface area contributed by atoms with Gasteiger partial charge in [-0.2, -0.15) is 4.51 Å². The van der Waals surface area contributed by atoms with E-state index in [-0.39, 0.29) is 0 Å². The summed E-state index contributed by atoms with van der Waals surface area (Å²) >= 11 is 6.03. The largest absolute Gasteiger partial charge is 0.365 e. The maximum absolute atomic E-state index is 6.03. The van der Waals surface area contributed by atoms with Crippen LogP contribution in [0.25, 0.3) is 0 Å². The van der Waals surface area contributed by atoms with Gasteiger partial charge in [-0.05, 0) is 23.4 Å². The van der Waals surface area contributed by atoms with Crippen molar-refractivity contribution in [3.63, 3.8) is 0 Å². The minimum absolute atomic E-state index is 0.367. The van der Waals surface area contributed by atoms with Gasteiger partial charge in [-0.15, -0.1) is 4.26 Å². The molecule has 0 radical (unpaired) electrons. The highest BCUT2D eigenvalue weighted by molar-refractivity contribution is 7.76. The van der Waals surface area contributed by atoms with Crippen LogP contribution in [0.3, 0.4) is 0 Å². The Morgan fingerprint density at radius 3 is 3.00 bits per heavy atom. The number of H-pyrrole nitrogens is 1. The molecule has 2 unspecified atom stereocenters. The van der Waals surface area contributed by atoms with E-state index in [0.29, 0.717) is 8.51 Å². The van der Waals surface area contributed by atoms with Gasteiger partial charge in [0.25, 0.3) is 0 Å². The summed E-state index contributed by atoms with van der Waals surface area (Å²) in [5.74, 6) is 0.774. The van der Waals surface area contributed by atoms with Gasteiger partial charge in [0, 0.05) is 8.51 Å². The van der Waals surface area contributed by atoms with Gasteiger partial charge < -0.3 is 4.84 Å². The molecule has 0 saturated heterocycles. The Kier molecular flexibility index (Phi) is 3.55. The number of nitrogens with zero attached hydrogens (tertiary/aromatic N) is 2. The van der Waals surface area contributed by atoms with Crippen LogP contribution in [0.2, 0.25) is 0 Å². The van der Waals surface area contributed by atoms with Gasteiger partial charge in [-0.3, -0.25) is 4.51 Å². The molecule has 1 aromatic carbocycles. The third-order valence-corrected chi connectivity index (χ3v) is 6.17. The fourth-order valence-corrected chi connectivity index (χ4v) is 4.62. The lowest BCUT2D eigenvalue weighted by Gasteiger charge is -2.07. The normalized spacial score (nSPS) is 12.2. The molecule has 8 heteroatoms. The maximum atomic E-state index is 6.03. The van der Waals surface area contributed by atoms with E-state index < -0.39 is 7.20 Å². The molecule has 0 bridgehead atoms. The lowest BCUT2D eigenvalue weighted by Crippen LogP contribution is -1.98. The van der Waals surface area contributed by atoms with E-state index in [1.807, 2.05) is 30.3 Å². The third-order valence-electron chi connectivity index (χ3n) is 1.39. The number of halogens is 1. The van der Waals surface area contributed by atoms with Gasteiger partial charge in [0.2, 0.25) is 0 Å². The number of rotatable bonds is 2. The van der Waals surface area contributed by atoms with Crippen molar-refractivity contribution in [3.05, 3.63) is 30.3 Å². The zero-order valence-corrected chi connectivity index (χ0v) is 10.5. The maximum Gasteiger partial charge on any atom is 0.184 e. The molecule has 0 saturated carbocycles. The SMILES string of the molecule is Clp1[nH][pH]npn1Oc1ccccc1. The predicted molar refractivity (Wildman–Crippen MR) is 62.6 cm³/mol. The molecule has 1 heterocycles. The van der Waals surface area contributed by atoms with Crippen LogP contribution in [0.15, 0.2) is 30.3 Å². The number of aromatic nitrogens is 3. The van der Waals surface area contributed by atoms with Crippen LogP contribution < -0.4 is 4.84 Å². The lowest BCUT2D eigenvalue weighted by molar-refractivity contribution is 0.276. The van der Waals surface area contributed by atoms with E-state index in [9.17, 15) is 0 Å². The fraction of sp³-hybridized carbons (Fsp3) is 0. The van der Waals surface area contributed by atoms with Crippen molar-refractivity contribution in [1.82, 2.24) is 13.3 Å². The summed E-state index contributed by atoms with van der Waals surface area (Å²) in [7, 11) is 0.193. The molecule has 0 fully saturated rings. The van der Waals surface area contributed by atoms with Crippen LogP contribution in [-0.4, -0.2) is 13.3 Å². The van der Waals surface area contributed by atoms with Crippen molar-refractivity contribution in [1.29, 1.82) is 0 Å². The third kappa shape index (κ3) is 2.56. The molecule has 2 aromatic rings. The summed E-state index contributed by atoms with van der Waals surface area (Å²) in [4.78, 5) is 5.53. The van der Waals surface area contributed by atoms with Gasteiger partial charge in [0.1, 0.15) is 0 Å². The Morgan fingerprint density at radius 1 is 1.50 bits per heavy atom. The van der Waals surface area contributed by atoms with Crippen LogP contribution in [0.5, 0.6) is 5.75 Å². The van der Waals surface area contributed by atoms with E-state index >= 15 is 0 Å². The van der Waals surface area contributed by atoms with E-state index in [4.69, 9.17) is 16.1 Å². The molecular weight excluding hydrogens is 258 g/mol. The summed E-state index contributed by atoms with van der Waals surface area (Å²) < 4.78 is 8.79. The van der Waals surface area contributed by atoms with E-state index in [2.05, 4.69) is 9.02 Å². The molecule has 2 rings (SSSR count). The smallest absolute Gasteiger partial charge is 0.184 e. The average molecular weight is 266 g/mol. The van der Waals surface area contributed by atoms with Crippen molar-refractivity contribution in [2.45, 2.75) is 0 Å². The quantitative estimate of drug-likeness (QED) is 0.898. The van der Waals surface area contributed by atoms with Crippen molar-refractivity contribution in [3.8, 4) is 5.75 Å². The molecule has 0 aliphatic heterocycles. The van der Waals surface area contributed by atoms with Gasteiger partial charge in [-0.25, -0.2) is 0 Å². The number of para-hydroxylation sites is 1. The van der Waals surface area contributed by atoms with Crippen LogP contribution in [0.1, 0.15) is 0 Å². The average Bonchev–Trinajstić information content (AvgIpc) is 2.23. The lowest BCUT2D eigenvalue weighted by atomic mass is 10.3. The summed E-state index contributed by atoms with van der Waals surface area (Å²) in [5.41, 5.74) is 0. The summed E-state index contributed by atoms with van der Waals surface area (Å²) in [5, 5.41) is 0.